The highest BCUT2D eigenvalue weighted by molar-refractivity contribution is 5.85. The van der Waals surface area contributed by atoms with Crippen molar-refractivity contribution in [3.63, 3.8) is 0 Å². The maximum absolute atomic E-state index is 13.7. The zero-order valence-corrected chi connectivity index (χ0v) is 16.7. The van der Waals surface area contributed by atoms with E-state index >= 15 is 0 Å². The molecule has 2 aliphatic rings. The fraction of sp³-hybridized carbons (Fsp3) is 0.600. The Kier molecular flexibility index (Phi) is 8.63. The van der Waals surface area contributed by atoms with E-state index in [1.165, 1.54) is 0 Å². The number of aryl methyl sites for hydroxylation is 1. The summed E-state index contributed by atoms with van der Waals surface area (Å²) in [6, 6.07) is 3.22. The molecule has 0 radical (unpaired) electrons. The summed E-state index contributed by atoms with van der Waals surface area (Å²) >= 11 is 0. The molecule has 2 atom stereocenters. The first-order chi connectivity index (χ1) is 13.0. The van der Waals surface area contributed by atoms with Gasteiger partial charge in [0.25, 0.3) is 0 Å². The Bertz CT molecular complexity index is 683. The number of nitrogens with one attached hydrogen (secondary N) is 2. The minimum atomic E-state index is -0.496. The van der Waals surface area contributed by atoms with Crippen molar-refractivity contribution in [1.29, 1.82) is 0 Å². The quantitative estimate of drug-likeness (QED) is 0.750. The lowest BCUT2D eigenvalue weighted by Gasteiger charge is -2.33. The molecule has 1 aromatic rings. The molecule has 3 rings (SSSR count). The van der Waals surface area contributed by atoms with Crippen molar-refractivity contribution < 1.29 is 18.4 Å². The fourth-order valence-electron chi connectivity index (χ4n) is 3.87. The zero-order valence-electron chi connectivity index (χ0n) is 15.9. The molecule has 2 fully saturated rings. The van der Waals surface area contributed by atoms with E-state index < -0.39 is 11.6 Å². The van der Waals surface area contributed by atoms with Crippen molar-refractivity contribution in [2.75, 3.05) is 26.2 Å². The summed E-state index contributed by atoms with van der Waals surface area (Å²) in [7, 11) is 0. The second-order valence-electron chi connectivity index (χ2n) is 7.48. The first kappa shape index (κ1) is 22.6. The molecule has 2 unspecified atom stereocenters. The highest BCUT2D eigenvalue weighted by Crippen LogP contribution is 2.18. The number of rotatable bonds is 6. The van der Waals surface area contributed by atoms with E-state index in [-0.39, 0.29) is 54.6 Å². The van der Waals surface area contributed by atoms with Gasteiger partial charge in [-0.3, -0.25) is 9.59 Å². The molecule has 0 aliphatic carbocycles. The van der Waals surface area contributed by atoms with Gasteiger partial charge >= 0.3 is 0 Å². The van der Waals surface area contributed by atoms with E-state index in [1.807, 2.05) is 0 Å². The molecule has 0 spiro atoms. The lowest BCUT2D eigenvalue weighted by atomic mass is 9.97. The molecule has 2 saturated heterocycles. The standard InChI is InChI=1S/C20H27F2N3O2.ClH/c21-16-6-7-17(22)15(11-16)5-8-19(26)25-10-2-3-14(13-25)12-24-20(27)18-4-1-9-23-18;/h6-7,11,14,18,23H,1-5,8-10,12-13H2,(H,24,27);1H. The maximum atomic E-state index is 13.7. The number of hydrogen-bond donors (Lipinski definition) is 2. The number of carbonyl (C=O) groups excluding carboxylic acids is 2. The smallest absolute Gasteiger partial charge is 0.237 e. The van der Waals surface area contributed by atoms with Gasteiger partial charge in [0.05, 0.1) is 6.04 Å². The molecule has 156 valence electrons. The number of carbonyl (C=O) groups is 2. The van der Waals surface area contributed by atoms with E-state index in [9.17, 15) is 18.4 Å². The van der Waals surface area contributed by atoms with Crippen molar-refractivity contribution >= 4 is 24.2 Å². The Balaban J connectivity index is 0.00000280. The van der Waals surface area contributed by atoms with Crippen LogP contribution < -0.4 is 10.6 Å². The van der Waals surface area contributed by atoms with Gasteiger partial charge in [-0.05, 0) is 68.3 Å². The third-order valence-electron chi connectivity index (χ3n) is 5.43. The Morgan fingerprint density at radius 3 is 2.79 bits per heavy atom. The molecule has 2 N–H and O–H groups in total. The largest absolute Gasteiger partial charge is 0.354 e. The molecule has 0 saturated carbocycles. The lowest BCUT2D eigenvalue weighted by Crippen LogP contribution is -2.46. The van der Waals surface area contributed by atoms with Gasteiger partial charge in [-0.1, -0.05) is 0 Å². The molecular formula is C20H28ClF2N3O2. The number of likely N-dealkylation sites (tertiary alicyclic amines) is 1. The molecule has 2 heterocycles. The van der Waals surface area contributed by atoms with Gasteiger partial charge in [0.2, 0.25) is 11.8 Å². The second kappa shape index (κ2) is 10.7. The number of nitrogens with zero attached hydrogens (tertiary/aromatic N) is 1. The summed E-state index contributed by atoms with van der Waals surface area (Å²) in [5, 5.41) is 6.17. The van der Waals surface area contributed by atoms with Crippen LogP contribution in [0.5, 0.6) is 0 Å². The second-order valence-corrected chi connectivity index (χ2v) is 7.48. The van der Waals surface area contributed by atoms with E-state index in [1.54, 1.807) is 4.90 Å². The highest BCUT2D eigenvalue weighted by atomic mass is 35.5. The molecule has 5 nitrogen and oxygen atoms in total. The summed E-state index contributed by atoms with van der Waals surface area (Å²) in [5.41, 5.74) is 0.230. The van der Waals surface area contributed by atoms with Crippen LogP contribution >= 0.6 is 12.4 Å². The van der Waals surface area contributed by atoms with Crippen molar-refractivity contribution in [2.24, 2.45) is 5.92 Å². The average molecular weight is 416 g/mol. The summed E-state index contributed by atoms with van der Waals surface area (Å²) in [5.74, 6) is -0.753. The molecule has 2 amide bonds. The van der Waals surface area contributed by atoms with Gasteiger partial charge in [-0.15, -0.1) is 12.4 Å². The maximum Gasteiger partial charge on any atom is 0.237 e. The SMILES string of the molecule is Cl.O=C(NCC1CCCN(C(=O)CCc2cc(F)ccc2F)C1)C1CCCN1. The zero-order chi connectivity index (χ0) is 19.2. The van der Waals surface area contributed by atoms with Crippen LogP contribution in [-0.4, -0.2) is 48.9 Å². The van der Waals surface area contributed by atoms with Crippen LogP contribution in [0.1, 0.15) is 37.7 Å². The van der Waals surface area contributed by atoms with Crippen LogP contribution in [0.3, 0.4) is 0 Å². The Morgan fingerprint density at radius 1 is 1.21 bits per heavy atom. The molecular weight excluding hydrogens is 388 g/mol. The van der Waals surface area contributed by atoms with Crippen molar-refractivity contribution in [1.82, 2.24) is 15.5 Å². The van der Waals surface area contributed by atoms with Gasteiger partial charge in [-0.25, -0.2) is 8.78 Å². The van der Waals surface area contributed by atoms with Gasteiger partial charge < -0.3 is 15.5 Å². The third kappa shape index (κ3) is 6.14. The van der Waals surface area contributed by atoms with Gasteiger partial charge in [0.1, 0.15) is 11.6 Å². The minimum absolute atomic E-state index is 0. The van der Waals surface area contributed by atoms with Crippen molar-refractivity contribution in [3.05, 3.63) is 35.4 Å². The first-order valence-electron chi connectivity index (χ1n) is 9.75. The molecule has 28 heavy (non-hydrogen) atoms. The van der Waals surface area contributed by atoms with Crippen molar-refractivity contribution in [2.45, 2.75) is 44.6 Å². The highest BCUT2D eigenvalue weighted by Gasteiger charge is 2.26. The van der Waals surface area contributed by atoms with E-state index in [2.05, 4.69) is 10.6 Å². The number of halogens is 3. The Hall–Kier alpha value is -1.73. The summed E-state index contributed by atoms with van der Waals surface area (Å²) in [6.07, 6.45) is 4.11. The molecule has 0 aromatic heterocycles. The van der Waals surface area contributed by atoms with Gasteiger partial charge in [-0.2, -0.15) is 0 Å². The Labute approximate surface area is 170 Å². The predicted octanol–water partition coefficient (Wildman–Crippen LogP) is 2.43. The predicted molar refractivity (Wildman–Crippen MR) is 105 cm³/mol. The number of hydrogen-bond acceptors (Lipinski definition) is 3. The van der Waals surface area contributed by atoms with Crippen LogP contribution in [0.4, 0.5) is 8.78 Å². The molecule has 1 aromatic carbocycles. The third-order valence-corrected chi connectivity index (χ3v) is 5.43. The van der Waals surface area contributed by atoms with Gasteiger partial charge in [0.15, 0.2) is 0 Å². The number of benzene rings is 1. The summed E-state index contributed by atoms with van der Waals surface area (Å²) in [4.78, 5) is 26.4. The molecule has 0 bridgehead atoms. The van der Waals surface area contributed by atoms with E-state index in [4.69, 9.17) is 0 Å². The summed E-state index contributed by atoms with van der Waals surface area (Å²) < 4.78 is 26.9. The molecule has 8 heteroatoms. The Morgan fingerprint density at radius 2 is 2.04 bits per heavy atom. The van der Waals surface area contributed by atoms with Crippen LogP contribution in [0.15, 0.2) is 18.2 Å². The average Bonchev–Trinajstić information content (AvgIpc) is 3.21. The van der Waals surface area contributed by atoms with E-state index in [0.29, 0.717) is 19.6 Å². The van der Waals surface area contributed by atoms with Crippen LogP contribution in [0, 0.1) is 17.6 Å². The monoisotopic (exact) mass is 415 g/mol. The van der Waals surface area contributed by atoms with Crippen molar-refractivity contribution in [3.8, 4) is 0 Å². The van der Waals surface area contributed by atoms with Gasteiger partial charge in [0, 0.05) is 26.1 Å². The fourth-order valence-corrected chi connectivity index (χ4v) is 3.87. The van der Waals surface area contributed by atoms with Crippen LogP contribution in [0.25, 0.3) is 0 Å². The van der Waals surface area contributed by atoms with Crippen LogP contribution in [-0.2, 0) is 16.0 Å². The number of amides is 2. The molecule has 2 aliphatic heterocycles. The van der Waals surface area contributed by atoms with E-state index in [0.717, 1.165) is 50.4 Å². The lowest BCUT2D eigenvalue weighted by molar-refractivity contribution is -0.132. The first-order valence-corrected chi connectivity index (χ1v) is 9.75. The van der Waals surface area contributed by atoms with Crippen LogP contribution in [0.2, 0.25) is 0 Å². The minimum Gasteiger partial charge on any atom is -0.354 e. The topological polar surface area (TPSA) is 61.4 Å². The normalized spacial score (nSPS) is 21.9. The summed E-state index contributed by atoms with van der Waals surface area (Å²) in [6.45, 7) is 2.73. The number of piperidine rings is 1.